The molecule has 1 aromatic carbocycles. The molecule has 0 saturated heterocycles. The minimum Gasteiger partial charge on any atom is -0.343 e. The Bertz CT molecular complexity index is 743. The highest BCUT2D eigenvalue weighted by Crippen LogP contribution is 2.11. The highest BCUT2D eigenvalue weighted by molar-refractivity contribution is 9.10. The second kappa shape index (κ2) is 10.1. The molecule has 0 fully saturated rings. The third-order valence-corrected chi connectivity index (χ3v) is 4.45. The van der Waals surface area contributed by atoms with Crippen LogP contribution in [0.2, 0.25) is 0 Å². The maximum atomic E-state index is 12.0. The Kier molecular flexibility index (Phi) is 7.80. The highest BCUT2D eigenvalue weighted by atomic mass is 79.9. The molecule has 26 heavy (non-hydrogen) atoms. The van der Waals surface area contributed by atoms with Gasteiger partial charge < -0.3 is 15.5 Å². The maximum Gasteiger partial charge on any atom is 0.251 e. The van der Waals surface area contributed by atoms with Gasteiger partial charge in [0.2, 0.25) is 5.91 Å². The average molecular weight is 422 g/mol. The van der Waals surface area contributed by atoms with Crippen LogP contribution in [-0.4, -0.2) is 52.7 Å². The van der Waals surface area contributed by atoms with Gasteiger partial charge in [-0.05, 0) is 31.3 Å². The first-order chi connectivity index (χ1) is 12.5. The number of benzene rings is 1. The summed E-state index contributed by atoms with van der Waals surface area (Å²) in [5.41, 5.74) is 1.11. The van der Waals surface area contributed by atoms with Gasteiger partial charge in [-0.3, -0.25) is 14.3 Å². The number of hydrogen-bond acceptors (Lipinski definition) is 4. The lowest BCUT2D eigenvalue weighted by molar-refractivity contribution is -0.115. The van der Waals surface area contributed by atoms with Gasteiger partial charge in [0, 0.05) is 22.8 Å². The van der Waals surface area contributed by atoms with Crippen LogP contribution in [0, 0.1) is 0 Å². The zero-order valence-electron chi connectivity index (χ0n) is 15.0. The minimum absolute atomic E-state index is 0.101. The van der Waals surface area contributed by atoms with Gasteiger partial charge in [0.25, 0.3) is 5.91 Å². The Morgan fingerprint density at radius 2 is 2.04 bits per heavy atom. The van der Waals surface area contributed by atoms with E-state index in [1.165, 1.54) is 0 Å². The average Bonchev–Trinajstić information content (AvgIpc) is 3.08. The molecule has 2 N–H and O–H groups in total. The summed E-state index contributed by atoms with van der Waals surface area (Å²) in [6, 6.07) is 7.00. The molecule has 2 aromatic rings. The Hall–Kier alpha value is -2.19. The lowest BCUT2D eigenvalue weighted by atomic mass is 10.2. The number of carbonyl (C=O) groups excluding carboxylic acids is 2. The van der Waals surface area contributed by atoms with Gasteiger partial charge in [-0.25, -0.2) is 0 Å². The van der Waals surface area contributed by atoms with Crippen LogP contribution in [0.4, 0.5) is 5.69 Å². The Labute approximate surface area is 161 Å². The van der Waals surface area contributed by atoms with Crippen molar-refractivity contribution in [3.05, 3.63) is 46.7 Å². The molecule has 0 saturated carbocycles. The summed E-state index contributed by atoms with van der Waals surface area (Å²) >= 11 is 3.32. The third kappa shape index (κ3) is 6.27. The minimum atomic E-state index is -0.295. The summed E-state index contributed by atoms with van der Waals surface area (Å²) in [5, 5.41) is 9.58. The van der Waals surface area contributed by atoms with Crippen molar-refractivity contribution in [3.63, 3.8) is 0 Å². The number of nitrogens with zero attached hydrogens (tertiary/aromatic N) is 3. The monoisotopic (exact) mass is 421 g/mol. The van der Waals surface area contributed by atoms with Crippen LogP contribution in [-0.2, 0) is 11.3 Å². The van der Waals surface area contributed by atoms with Crippen molar-refractivity contribution in [2.45, 2.75) is 20.4 Å². The first-order valence-corrected chi connectivity index (χ1v) is 9.39. The van der Waals surface area contributed by atoms with Crippen molar-refractivity contribution in [1.29, 1.82) is 0 Å². The van der Waals surface area contributed by atoms with Crippen molar-refractivity contribution in [1.82, 2.24) is 20.0 Å². The molecule has 0 aliphatic heterocycles. The fourth-order valence-electron chi connectivity index (χ4n) is 2.43. The quantitative estimate of drug-likeness (QED) is 0.651. The lowest BCUT2D eigenvalue weighted by Gasteiger charge is -2.17. The van der Waals surface area contributed by atoms with E-state index in [-0.39, 0.29) is 18.4 Å². The Morgan fingerprint density at radius 1 is 1.27 bits per heavy atom. The topological polar surface area (TPSA) is 79.3 Å². The summed E-state index contributed by atoms with van der Waals surface area (Å²) < 4.78 is 2.61. The molecule has 7 nitrogen and oxygen atoms in total. The number of aromatic nitrogens is 2. The van der Waals surface area contributed by atoms with E-state index in [9.17, 15) is 9.59 Å². The van der Waals surface area contributed by atoms with Crippen LogP contribution in [0.1, 0.15) is 24.2 Å². The van der Waals surface area contributed by atoms with Gasteiger partial charge in [-0.2, -0.15) is 5.10 Å². The molecular formula is C18H24BrN5O2. The van der Waals surface area contributed by atoms with Crippen molar-refractivity contribution in [2.75, 3.05) is 31.5 Å². The van der Waals surface area contributed by atoms with E-state index in [1.807, 2.05) is 6.07 Å². The van der Waals surface area contributed by atoms with Crippen LogP contribution in [0.15, 0.2) is 41.1 Å². The second-order valence-corrected chi connectivity index (χ2v) is 6.68. The van der Waals surface area contributed by atoms with Crippen LogP contribution < -0.4 is 10.6 Å². The van der Waals surface area contributed by atoms with Crippen LogP contribution in [0.5, 0.6) is 0 Å². The van der Waals surface area contributed by atoms with E-state index >= 15 is 0 Å². The Balaban J connectivity index is 1.78. The number of amides is 2. The molecule has 0 radical (unpaired) electrons. The van der Waals surface area contributed by atoms with E-state index in [0.29, 0.717) is 11.3 Å². The summed E-state index contributed by atoms with van der Waals surface area (Å²) in [6.45, 7) is 7.82. The van der Waals surface area contributed by atoms with Gasteiger partial charge in [0.05, 0.1) is 25.0 Å². The van der Waals surface area contributed by atoms with Crippen LogP contribution in [0.25, 0.3) is 0 Å². The van der Waals surface area contributed by atoms with E-state index in [2.05, 4.69) is 50.4 Å². The summed E-state index contributed by atoms with van der Waals surface area (Å²) in [7, 11) is 0. The molecule has 1 heterocycles. The van der Waals surface area contributed by atoms with Crippen molar-refractivity contribution in [2.24, 2.45) is 0 Å². The summed E-state index contributed by atoms with van der Waals surface area (Å²) in [5.74, 6) is -0.590. The van der Waals surface area contributed by atoms with E-state index in [0.717, 1.165) is 30.7 Å². The normalized spacial score (nSPS) is 10.8. The summed E-state index contributed by atoms with van der Waals surface area (Å²) in [4.78, 5) is 26.3. The number of rotatable bonds is 9. The zero-order valence-corrected chi connectivity index (χ0v) is 16.6. The lowest BCUT2D eigenvalue weighted by Crippen LogP contribution is -2.32. The molecule has 2 rings (SSSR count). The standard InChI is InChI=1S/C18H24BrN5O2/c1-3-23(4-2)8-9-24-13-16(11-21-24)22-17(25)12-20-18(26)14-6-5-7-15(19)10-14/h5-7,10-11,13H,3-4,8-9,12H2,1-2H3,(H,20,26)(H,22,25). The molecule has 140 valence electrons. The number of halogens is 1. The molecule has 0 bridgehead atoms. The van der Waals surface area contributed by atoms with Gasteiger partial charge >= 0.3 is 0 Å². The predicted molar refractivity (Wildman–Crippen MR) is 105 cm³/mol. The SMILES string of the molecule is CCN(CC)CCn1cc(NC(=O)CNC(=O)c2cccc(Br)c2)cn1. The van der Waals surface area contributed by atoms with Crippen molar-refractivity contribution < 1.29 is 9.59 Å². The van der Waals surface area contributed by atoms with Gasteiger partial charge in [0.15, 0.2) is 0 Å². The fraction of sp³-hybridized carbons (Fsp3) is 0.389. The van der Waals surface area contributed by atoms with Gasteiger partial charge in [0.1, 0.15) is 0 Å². The molecule has 1 aromatic heterocycles. The maximum absolute atomic E-state index is 12.0. The number of likely N-dealkylation sites (N-methyl/N-ethyl adjacent to an activating group) is 1. The summed E-state index contributed by atoms with van der Waals surface area (Å²) in [6.07, 6.45) is 3.40. The number of hydrogen-bond donors (Lipinski definition) is 2. The smallest absolute Gasteiger partial charge is 0.251 e. The molecule has 0 unspecified atom stereocenters. The van der Waals surface area contributed by atoms with E-state index in [1.54, 1.807) is 35.3 Å². The van der Waals surface area contributed by atoms with Gasteiger partial charge in [-0.15, -0.1) is 0 Å². The fourth-order valence-corrected chi connectivity index (χ4v) is 2.83. The number of nitrogens with one attached hydrogen (secondary N) is 2. The number of anilines is 1. The first kappa shape index (κ1) is 20.1. The largest absolute Gasteiger partial charge is 0.343 e. The molecule has 0 aliphatic rings. The molecule has 0 atom stereocenters. The highest BCUT2D eigenvalue weighted by Gasteiger charge is 2.09. The number of carbonyl (C=O) groups is 2. The molecule has 2 amide bonds. The molecule has 0 spiro atoms. The van der Waals surface area contributed by atoms with Crippen molar-refractivity contribution >= 4 is 33.4 Å². The second-order valence-electron chi connectivity index (χ2n) is 5.76. The van der Waals surface area contributed by atoms with Crippen LogP contribution in [0.3, 0.4) is 0 Å². The van der Waals surface area contributed by atoms with E-state index < -0.39 is 0 Å². The zero-order chi connectivity index (χ0) is 18.9. The Morgan fingerprint density at radius 3 is 2.73 bits per heavy atom. The van der Waals surface area contributed by atoms with Crippen molar-refractivity contribution in [3.8, 4) is 0 Å². The molecular weight excluding hydrogens is 398 g/mol. The van der Waals surface area contributed by atoms with Crippen LogP contribution >= 0.6 is 15.9 Å². The third-order valence-electron chi connectivity index (χ3n) is 3.95. The molecule has 0 aliphatic carbocycles. The first-order valence-electron chi connectivity index (χ1n) is 8.60. The molecule has 8 heteroatoms. The predicted octanol–water partition coefficient (Wildman–Crippen LogP) is 2.36. The van der Waals surface area contributed by atoms with E-state index in [4.69, 9.17) is 0 Å². The van der Waals surface area contributed by atoms with Gasteiger partial charge in [-0.1, -0.05) is 35.8 Å².